The quantitative estimate of drug-likeness (QED) is 0.208. The molecule has 0 aliphatic carbocycles. The van der Waals surface area contributed by atoms with Crippen molar-refractivity contribution >= 4 is 0 Å². The topological polar surface area (TPSA) is 125 Å². The average molecular weight is 183 g/mol. The van der Waals surface area contributed by atoms with Crippen molar-refractivity contribution in [3.63, 3.8) is 0 Å². The van der Waals surface area contributed by atoms with Crippen molar-refractivity contribution in [1.29, 1.82) is 0 Å². The highest BCUT2D eigenvalue weighted by atomic mass is 16.8. The summed E-state index contributed by atoms with van der Waals surface area (Å²) in [5.41, 5.74) is 0. The van der Waals surface area contributed by atoms with Gasteiger partial charge in [0.05, 0.1) is 6.54 Å². The number of aliphatic hydroxyl groups is 5. The highest BCUT2D eigenvalue weighted by molar-refractivity contribution is 4.64. The third kappa shape index (κ3) is 3.93. The van der Waals surface area contributed by atoms with Crippen molar-refractivity contribution in [1.82, 2.24) is 5.06 Å². The molecule has 0 saturated carbocycles. The number of hydrogen-bond donors (Lipinski definition) is 6. The van der Waals surface area contributed by atoms with Crippen molar-refractivity contribution in [3.05, 3.63) is 0 Å². The molecule has 0 atom stereocenters. The second-order valence-electron chi connectivity index (χ2n) is 2.49. The van der Waals surface area contributed by atoms with E-state index in [4.69, 9.17) is 30.7 Å². The zero-order chi connectivity index (χ0) is 9.99. The van der Waals surface area contributed by atoms with Crippen LogP contribution < -0.4 is 0 Å². The molecule has 0 unspecified atom stereocenters. The van der Waals surface area contributed by atoms with Crippen LogP contribution in [0.15, 0.2) is 0 Å². The van der Waals surface area contributed by atoms with Gasteiger partial charge >= 0.3 is 6.10 Å². The van der Waals surface area contributed by atoms with Gasteiger partial charge in [0.15, 0.2) is 5.79 Å². The highest BCUT2D eigenvalue weighted by Gasteiger charge is 2.34. The molecule has 0 bridgehead atoms. The number of hydrogen-bond acceptors (Lipinski definition) is 7. The summed E-state index contributed by atoms with van der Waals surface area (Å²) in [5.74, 6) is -2.28. The Balaban J connectivity index is 4.09. The smallest absolute Gasteiger partial charge is 0.364 e. The summed E-state index contributed by atoms with van der Waals surface area (Å²) in [6.07, 6.45) is -3.61. The molecule has 0 spiro atoms. The van der Waals surface area contributed by atoms with Gasteiger partial charge in [0.25, 0.3) is 0 Å². The van der Waals surface area contributed by atoms with Gasteiger partial charge in [0, 0.05) is 0 Å². The molecule has 0 saturated heterocycles. The van der Waals surface area contributed by atoms with Crippen LogP contribution >= 0.6 is 0 Å². The van der Waals surface area contributed by atoms with E-state index in [9.17, 15) is 0 Å². The molecular weight excluding hydrogens is 170 g/mol. The van der Waals surface area contributed by atoms with Gasteiger partial charge in [-0.3, -0.25) is 0 Å². The van der Waals surface area contributed by atoms with E-state index in [0.717, 1.165) is 0 Å². The SMILES string of the molecule is CCC(O)(O)CN(O)C(O)(O)O. The molecule has 7 heteroatoms. The Labute approximate surface area is 68.7 Å². The third-order valence-electron chi connectivity index (χ3n) is 1.32. The minimum atomic E-state index is -3.47. The number of hydroxylamine groups is 2. The lowest BCUT2D eigenvalue weighted by Crippen LogP contribution is -2.53. The van der Waals surface area contributed by atoms with Crippen molar-refractivity contribution in [2.24, 2.45) is 0 Å². The molecule has 7 nitrogen and oxygen atoms in total. The summed E-state index contributed by atoms with van der Waals surface area (Å²) in [4.78, 5) is 0. The second-order valence-corrected chi connectivity index (χ2v) is 2.49. The van der Waals surface area contributed by atoms with Crippen LogP contribution in [0.2, 0.25) is 0 Å². The fraction of sp³-hybridized carbons (Fsp3) is 1.00. The van der Waals surface area contributed by atoms with Crippen LogP contribution in [-0.2, 0) is 0 Å². The first kappa shape index (κ1) is 11.7. The average Bonchev–Trinajstić information content (AvgIpc) is 1.85. The minimum absolute atomic E-state index is 0.139. The first-order chi connectivity index (χ1) is 5.19. The highest BCUT2D eigenvalue weighted by Crippen LogP contribution is 2.10. The Kier molecular flexibility index (Phi) is 3.54. The van der Waals surface area contributed by atoms with Crippen LogP contribution in [-0.4, -0.2) is 54.2 Å². The van der Waals surface area contributed by atoms with E-state index < -0.39 is 23.5 Å². The van der Waals surface area contributed by atoms with Crippen molar-refractivity contribution in [2.45, 2.75) is 25.2 Å². The van der Waals surface area contributed by atoms with Crippen molar-refractivity contribution in [2.75, 3.05) is 6.54 Å². The molecule has 0 rings (SSSR count). The van der Waals surface area contributed by atoms with Crippen LogP contribution in [0.1, 0.15) is 13.3 Å². The Morgan fingerprint density at radius 3 is 1.75 bits per heavy atom. The first-order valence-electron chi connectivity index (χ1n) is 3.27. The molecule has 0 radical (unpaired) electrons. The van der Waals surface area contributed by atoms with E-state index in [1.54, 1.807) is 0 Å². The number of nitrogens with zero attached hydrogens (tertiary/aromatic N) is 1. The Bertz CT molecular complexity index is 141. The standard InChI is InChI=1S/C5H13NO6/c1-2-4(7,8)3-6(12)5(9,10)11/h7-12H,2-3H2,1H3. The predicted molar refractivity (Wildman–Crippen MR) is 35.3 cm³/mol. The maximum atomic E-state index is 8.88. The molecule has 0 fully saturated rings. The molecule has 12 heavy (non-hydrogen) atoms. The molecule has 0 aliphatic rings. The zero-order valence-electron chi connectivity index (χ0n) is 6.54. The number of rotatable bonds is 4. The lowest BCUT2D eigenvalue weighted by molar-refractivity contribution is -0.470. The van der Waals surface area contributed by atoms with E-state index in [-0.39, 0.29) is 6.42 Å². The molecule has 0 heterocycles. The van der Waals surface area contributed by atoms with Crippen LogP contribution in [0.25, 0.3) is 0 Å². The Hall–Kier alpha value is -0.280. The summed E-state index contributed by atoms with van der Waals surface area (Å²) >= 11 is 0. The van der Waals surface area contributed by atoms with Crippen LogP contribution in [0, 0.1) is 0 Å². The molecular formula is C5H13NO6. The minimum Gasteiger partial charge on any atom is -0.364 e. The van der Waals surface area contributed by atoms with E-state index in [1.165, 1.54) is 6.92 Å². The fourth-order valence-electron chi connectivity index (χ4n) is 0.458. The van der Waals surface area contributed by atoms with Gasteiger partial charge in [0.1, 0.15) is 0 Å². The summed E-state index contributed by atoms with van der Waals surface area (Å²) in [6, 6.07) is 0. The molecule has 0 aromatic rings. The van der Waals surface area contributed by atoms with Crippen LogP contribution in [0.5, 0.6) is 0 Å². The molecule has 0 aliphatic heterocycles. The largest absolute Gasteiger partial charge is 0.368 e. The van der Waals surface area contributed by atoms with E-state index in [1.807, 2.05) is 0 Å². The third-order valence-corrected chi connectivity index (χ3v) is 1.32. The van der Waals surface area contributed by atoms with Crippen molar-refractivity contribution < 1.29 is 30.7 Å². The van der Waals surface area contributed by atoms with Crippen LogP contribution in [0.3, 0.4) is 0 Å². The van der Waals surface area contributed by atoms with Crippen molar-refractivity contribution in [3.8, 4) is 0 Å². The van der Waals surface area contributed by atoms with Gasteiger partial charge in [-0.2, -0.15) is 0 Å². The fourth-order valence-corrected chi connectivity index (χ4v) is 0.458. The van der Waals surface area contributed by atoms with E-state index in [0.29, 0.717) is 0 Å². The molecule has 6 N–H and O–H groups in total. The second kappa shape index (κ2) is 3.62. The summed E-state index contributed by atoms with van der Waals surface area (Å²) in [6.45, 7) is 0.495. The van der Waals surface area contributed by atoms with E-state index >= 15 is 0 Å². The van der Waals surface area contributed by atoms with Gasteiger partial charge in [-0.1, -0.05) is 6.92 Å². The lowest BCUT2D eigenvalue weighted by atomic mass is 10.2. The Morgan fingerprint density at radius 1 is 1.08 bits per heavy atom. The van der Waals surface area contributed by atoms with Gasteiger partial charge in [0.2, 0.25) is 0 Å². The summed E-state index contributed by atoms with van der Waals surface area (Å²) in [7, 11) is 0. The lowest BCUT2D eigenvalue weighted by Gasteiger charge is -2.29. The maximum Gasteiger partial charge on any atom is 0.368 e. The summed E-state index contributed by atoms with van der Waals surface area (Å²) in [5, 5.41) is 50.9. The van der Waals surface area contributed by atoms with Gasteiger partial charge < -0.3 is 30.7 Å². The summed E-state index contributed by atoms with van der Waals surface area (Å²) < 4.78 is 0. The molecule has 0 aromatic heterocycles. The van der Waals surface area contributed by atoms with Gasteiger partial charge in [-0.15, -0.1) is 5.06 Å². The van der Waals surface area contributed by atoms with Crippen LogP contribution in [0.4, 0.5) is 0 Å². The maximum absolute atomic E-state index is 8.88. The molecule has 0 aromatic carbocycles. The first-order valence-corrected chi connectivity index (χ1v) is 3.27. The molecule has 74 valence electrons. The predicted octanol–water partition coefficient (Wildman–Crippen LogP) is -2.64. The van der Waals surface area contributed by atoms with E-state index in [2.05, 4.69) is 0 Å². The Morgan fingerprint density at radius 2 is 1.50 bits per heavy atom. The molecule has 0 amide bonds. The van der Waals surface area contributed by atoms with Gasteiger partial charge in [-0.05, 0) is 6.42 Å². The van der Waals surface area contributed by atoms with Gasteiger partial charge in [-0.25, -0.2) is 0 Å². The zero-order valence-corrected chi connectivity index (χ0v) is 6.54. The normalized spacial score (nSPS) is 14.0. The monoisotopic (exact) mass is 183 g/mol.